The van der Waals surface area contributed by atoms with E-state index < -0.39 is 11.7 Å². The Morgan fingerprint density at radius 3 is 1.95 bits per heavy atom. The van der Waals surface area contributed by atoms with Crippen LogP contribution in [0.25, 0.3) is 11.1 Å². The molecular formula is C15H12F3N3S. The summed E-state index contributed by atoms with van der Waals surface area (Å²) in [7, 11) is 0. The SMILES string of the molecule is NC(=S)N/N=C/c1ccc(-c2ccc(C(F)(F)F)cc2)cc1. The van der Waals surface area contributed by atoms with Crippen molar-refractivity contribution < 1.29 is 13.2 Å². The first-order valence-corrected chi connectivity index (χ1v) is 6.63. The van der Waals surface area contributed by atoms with Crippen molar-refractivity contribution in [2.45, 2.75) is 6.18 Å². The third kappa shape index (κ3) is 4.29. The standard InChI is InChI=1S/C15H12F3N3S/c16-15(17,18)13-7-5-12(6-8-13)11-3-1-10(2-4-11)9-20-21-14(19)22/h1-9H,(H3,19,21,22)/b20-9+. The molecule has 22 heavy (non-hydrogen) atoms. The van der Waals surface area contributed by atoms with Gasteiger partial charge >= 0.3 is 6.18 Å². The molecule has 0 aromatic heterocycles. The second-order valence-corrected chi connectivity index (χ2v) is 4.87. The third-order valence-corrected chi connectivity index (χ3v) is 2.94. The number of rotatable bonds is 3. The van der Waals surface area contributed by atoms with Gasteiger partial charge in [-0.05, 0) is 41.0 Å². The van der Waals surface area contributed by atoms with Gasteiger partial charge in [0.1, 0.15) is 0 Å². The summed E-state index contributed by atoms with van der Waals surface area (Å²) in [5.41, 5.74) is 9.32. The van der Waals surface area contributed by atoms with E-state index in [2.05, 4.69) is 22.7 Å². The van der Waals surface area contributed by atoms with E-state index in [1.165, 1.54) is 18.3 Å². The van der Waals surface area contributed by atoms with Gasteiger partial charge in [0.05, 0.1) is 11.8 Å². The summed E-state index contributed by atoms with van der Waals surface area (Å²) in [5.74, 6) is 0. The number of nitrogens with zero attached hydrogens (tertiary/aromatic N) is 1. The van der Waals surface area contributed by atoms with Gasteiger partial charge in [-0.3, -0.25) is 5.43 Å². The second-order valence-electron chi connectivity index (χ2n) is 4.43. The van der Waals surface area contributed by atoms with Crippen LogP contribution < -0.4 is 11.2 Å². The molecule has 3 nitrogen and oxygen atoms in total. The lowest BCUT2D eigenvalue weighted by Gasteiger charge is -2.08. The molecule has 0 aliphatic carbocycles. The van der Waals surface area contributed by atoms with Crippen LogP contribution in [0.15, 0.2) is 53.6 Å². The topological polar surface area (TPSA) is 50.4 Å². The van der Waals surface area contributed by atoms with Gasteiger partial charge in [-0.1, -0.05) is 36.4 Å². The number of thiocarbonyl (C=S) groups is 1. The highest BCUT2D eigenvalue weighted by Gasteiger charge is 2.29. The van der Waals surface area contributed by atoms with E-state index in [9.17, 15) is 13.2 Å². The van der Waals surface area contributed by atoms with Crippen LogP contribution in [-0.2, 0) is 6.18 Å². The van der Waals surface area contributed by atoms with Crippen molar-refractivity contribution in [1.29, 1.82) is 0 Å². The number of nitrogens with two attached hydrogens (primary N) is 1. The molecule has 2 rings (SSSR count). The fraction of sp³-hybridized carbons (Fsp3) is 0.0667. The molecule has 3 N–H and O–H groups in total. The van der Waals surface area contributed by atoms with Gasteiger partial charge in [-0.2, -0.15) is 18.3 Å². The van der Waals surface area contributed by atoms with Crippen LogP contribution in [-0.4, -0.2) is 11.3 Å². The molecule has 2 aromatic rings. The maximum absolute atomic E-state index is 12.5. The number of nitrogens with one attached hydrogen (secondary N) is 1. The summed E-state index contributed by atoms with van der Waals surface area (Å²) in [6, 6.07) is 12.2. The van der Waals surface area contributed by atoms with Crippen LogP contribution in [0.3, 0.4) is 0 Å². The van der Waals surface area contributed by atoms with Gasteiger partial charge in [0.2, 0.25) is 0 Å². The van der Waals surface area contributed by atoms with Crippen molar-refractivity contribution in [2.75, 3.05) is 0 Å². The number of hydrazone groups is 1. The predicted molar refractivity (Wildman–Crippen MR) is 84.4 cm³/mol. The summed E-state index contributed by atoms with van der Waals surface area (Å²) in [4.78, 5) is 0. The second kappa shape index (κ2) is 6.57. The molecule has 0 saturated heterocycles. The first kappa shape index (κ1) is 16.0. The van der Waals surface area contributed by atoms with Gasteiger partial charge in [0.25, 0.3) is 0 Å². The molecule has 0 bridgehead atoms. The maximum Gasteiger partial charge on any atom is 0.416 e. The smallest absolute Gasteiger partial charge is 0.375 e. The summed E-state index contributed by atoms with van der Waals surface area (Å²) in [6.07, 6.45) is -2.79. The van der Waals surface area contributed by atoms with E-state index in [1.807, 2.05) is 0 Å². The van der Waals surface area contributed by atoms with E-state index >= 15 is 0 Å². The van der Waals surface area contributed by atoms with E-state index in [1.54, 1.807) is 24.3 Å². The van der Waals surface area contributed by atoms with E-state index in [0.717, 1.165) is 23.3 Å². The maximum atomic E-state index is 12.5. The van der Waals surface area contributed by atoms with Crippen LogP contribution in [0, 0.1) is 0 Å². The Hall–Kier alpha value is -2.41. The third-order valence-electron chi connectivity index (χ3n) is 2.84. The predicted octanol–water partition coefficient (Wildman–Crippen LogP) is 3.54. The summed E-state index contributed by atoms with van der Waals surface area (Å²) in [5, 5.41) is 3.88. The number of halogens is 3. The normalized spacial score (nSPS) is 11.6. The van der Waals surface area contributed by atoms with Crippen molar-refractivity contribution in [2.24, 2.45) is 10.8 Å². The molecule has 0 spiro atoms. The monoisotopic (exact) mass is 323 g/mol. The molecule has 0 aliphatic rings. The molecule has 2 aromatic carbocycles. The van der Waals surface area contributed by atoms with Gasteiger partial charge in [-0.15, -0.1) is 0 Å². The first-order valence-electron chi connectivity index (χ1n) is 6.22. The zero-order chi connectivity index (χ0) is 16.2. The van der Waals surface area contributed by atoms with Crippen molar-refractivity contribution in [3.63, 3.8) is 0 Å². The van der Waals surface area contributed by atoms with Crippen LogP contribution >= 0.6 is 12.2 Å². The lowest BCUT2D eigenvalue weighted by atomic mass is 10.0. The Morgan fingerprint density at radius 2 is 1.50 bits per heavy atom. The zero-order valence-corrected chi connectivity index (χ0v) is 12.1. The Bertz CT molecular complexity index is 677. The molecule has 0 atom stereocenters. The van der Waals surface area contributed by atoms with Crippen molar-refractivity contribution in [1.82, 2.24) is 5.43 Å². The molecule has 0 fully saturated rings. The van der Waals surface area contributed by atoms with E-state index in [4.69, 9.17) is 5.73 Å². The fourth-order valence-corrected chi connectivity index (χ4v) is 1.84. The summed E-state index contributed by atoms with van der Waals surface area (Å²) >= 11 is 4.61. The molecule has 7 heteroatoms. The Labute approximate surface area is 130 Å². The number of hydrogen-bond donors (Lipinski definition) is 2. The molecule has 0 heterocycles. The molecule has 0 radical (unpaired) electrons. The van der Waals surface area contributed by atoms with Crippen molar-refractivity contribution in [3.8, 4) is 11.1 Å². The number of alkyl halides is 3. The number of hydrogen-bond acceptors (Lipinski definition) is 2. The zero-order valence-electron chi connectivity index (χ0n) is 11.3. The highest BCUT2D eigenvalue weighted by Crippen LogP contribution is 2.30. The van der Waals surface area contributed by atoms with Crippen LogP contribution in [0.4, 0.5) is 13.2 Å². The van der Waals surface area contributed by atoms with Gasteiger partial charge in [-0.25, -0.2) is 0 Å². The Morgan fingerprint density at radius 1 is 1.00 bits per heavy atom. The van der Waals surface area contributed by atoms with E-state index in [-0.39, 0.29) is 5.11 Å². The molecule has 0 amide bonds. The molecule has 0 saturated carbocycles. The molecule has 0 aliphatic heterocycles. The van der Waals surface area contributed by atoms with E-state index in [0.29, 0.717) is 5.56 Å². The number of benzene rings is 2. The largest absolute Gasteiger partial charge is 0.416 e. The Balaban J connectivity index is 2.13. The lowest BCUT2D eigenvalue weighted by molar-refractivity contribution is -0.137. The first-order chi connectivity index (χ1) is 10.4. The highest BCUT2D eigenvalue weighted by atomic mass is 32.1. The van der Waals surface area contributed by atoms with Crippen LogP contribution in [0.1, 0.15) is 11.1 Å². The van der Waals surface area contributed by atoms with Gasteiger partial charge in [0, 0.05) is 0 Å². The summed E-state index contributed by atoms with van der Waals surface area (Å²) < 4.78 is 37.5. The Kier molecular flexibility index (Phi) is 4.77. The minimum atomic E-state index is -4.32. The highest BCUT2D eigenvalue weighted by molar-refractivity contribution is 7.80. The minimum Gasteiger partial charge on any atom is -0.375 e. The molecule has 0 unspecified atom stereocenters. The van der Waals surface area contributed by atoms with Crippen LogP contribution in [0.2, 0.25) is 0 Å². The minimum absolute atomic E-state index is 0.0672. The fourth-order valence-electron chi connectivity index (χ4n) is 1.78. The van der Waals surface area contributed by atoms with Crippen LogP contribution in [0.5, 0.6) is 0 Å². The average Bonchev–Trinajstić information content (AvgIpc) is 2.47. The lowest BCUT2D eigenvalue weighted by Crippen LogP contribution is -2.23. The van der Waals surface area contributed by atoms with Gasteiger partial charge < -0.3 is 5.73 Å². The van der Waals surface area contributed by atoms with Gasteiger partial charge in [0.15, 0.2) is 5.11 Å². The average molecular weight is 323 g/mol. The molecular weight excluding hydrogens is 311 g/mol. The quantitative estimate of drug-likeness (QED) is 0.516. The van der Waals surface area contributed by atoms with Crippen molar-refractivity contribution >= 4 is 23.5 Å². The molecule has 114 valence electrons. The van der Waals surface area contributed by atoms with Crippen molar-refractivity contribution in [3.05, 3.63) is 59.7 Å². The summed E-state index contributed by atoms with van der Waals surface area (Å²) in [6.45, 7) is 0.